The third-order valence-corrected chi connectivity index (χ3v) is 3.55. The Morgan fingerprint density at radius 3 is 2.60 bits per heavy atom. The van der Waals surface area contributed by atoms with E-state index in [1.807, 2.05) is 37.4 Å². The van der Waals surface area contributed by atoms with E-state index < -0.39 is 0 Å². The predicted octanol–water partition coefficient (Wildman–Crippen LogP) is 4.50. The monoisotopic (exact) mass is 304 g/mol. The first-order valence-corrected chi connectivity index (χ1v) is 6.95. The number of rotatable bonds is 4. The van der Waals surface area contributed by atoms with Crippen LogP contribution in [0.25, 0.3) is 0 Å². The van der Waals surface area contributed by atoms with Gasteiger partial charge < -0.3 is 0 Å². The van der Waals surface area contributed by atoms with Crippen molar-refractivity contribution in [2.24, 2.45) is 0 Å². The molecule has 2 aromatic rings. The van der Waals surface area contributed by atoms with Gasteiger partial charge in [0.1, 0.15) is 0 Å². The number of nitriles is 1. The molecule has 20 heavy (non-hydrogen) atoms. The van der Waals surface area contributed by atoms with E-state index in [4.69, 9.17) is 28.5 Å². The highest BCUT2D eigenvalue weighted by Crippen LogP contribution is 2.22. The van der Waals surface area contributed by atoms with Crippen molar-refractivity contribution >= 4 is 23.2 Å². The molecule has 0 unspecified atom stereocenters. The van der Waals surface area contributed by atoms with E-state index in [-0.39, 0.29) is 0 Å². The quantitative estimate of drug-likeness (QED) is 0.831. The summed E-state index contributed by atoms with van der Waals surface area (Å²) in [5.41, 5.74) is 2.83. The molecule has 0 fully saturated rings. The molecule has 0 saturated carbocycles. The molecule has 0 saturated heterocycles. The minimum absolute atomic E-state index is 0.642. The summed E-state index contributed by atoms with van der Waals surface area (Å²) in [4.78, 5) is 2.14. The average Bonchev–Trinajstić information content (AvgIpc) is 2.42. The van der Waals surface area contributed by atoms with Gasteiger partial charge in [-0.15, -0.1) is 0 Å². The Morgan fingerprint density at radius 1 is 1.10 bits per heavy atom. The van der Waals surface area contributed by atoms with Crippen molar-refractivity contribution in [3.63, 3.8) is 0 Å². The summed E-state index contributed by atoms with van der Waals surface area (Å²) in [5, 5.41) is 10.2. The van der Waals surface area contributed by atoms with Gasteiger partial charge in [0.15, 0.2) is 0 Å². The number of nitrogens with zero attached hydrogens (tertiary/aromatic N) is 2. The molecule has 0 aliphatic heterocycles. The van der Waals surface area contributed by atoms with Gasteiger partial charge in [-0.25, -0.2) is 0 Å². The van der Waals surface area contributed by atoms with Crippen LogP contribution in [0.4, 0.5) is 0 Å². The van der Waals surface area contributed by atoms with Crippen molar-refractivity contribution in [1.82, 2.24) is 4.90 Å². The van der Waals surface area contributed by atoms with Crippen LogP contribution in [0.3, 0.4) is 0 Å². The lowest BCUT2D eigenvalue weighted by atomic mass is 10.1. The lowest BCUT2D eigenvalue weighted by Gasteiger charge is -2.17. The van der Waals surface area contributed by atoms with Crippen molar-refractivity contribution in [3.05, 3.63) is 69.2 Å². The van der Waals surface area contributed by atoms with Crippen molar-refractivity contribution in [2.75, 3.05) is 7.05 Å². The fourth-order valence-electron chi connectivity index (χ4n) is 2.05. The summed E-state index contributed by atoms with van der Waals surface area (Å²) < 4.78 is 0. The van der Waals surface area contributed by atoms with Crippen LogP contribution >= 0.6 is 23.2 Å². The molecule has 2 nitrogen and oxygen atoms in total. The Labute approximate surface area is 129 Å². The maximum atomic E-state index is 8.90. The molecule has 0 aliphatic rings. The molecule has 4 heteroatoms. The molecular formula is C16H14Cl2N2. The standard InChI is InChI=1S/C16H14Cl2N2/c1-20(10-13-4-2-3-12(7-13)9-19)11-14-5-6-15(17)8-16(14)18/h2-8H,10-11H2,1H3. The molecule has 0 heterocycles. The molecule has 0 amide bonds. The van der Waals surface area contributed by atoms with E-state index in [1.165, 1.54) is 0 Å². The highest BCUT2D eigenvalue weighted by atomic mass is 35.5. The van der Waals surface area contributed by atoms with Crippen molar-refractivity contribution < 1.29 is 0 Å². The van der Waals surface area contributed by atoms with Gasteiger partial charge in [0.2, 0.25) is 0 Å². The van der Waals surface area contributed by atoms with Gasteiger partial charge in [-0.1, -0.05) is 41.4 Å². The molecule has 0 aromatic heterocycles. The zero-order valence-corrected chi connectivity index (χ0v) is 12.6. The highest BCUT2D eigenvalue weighted by molar-refractivity contribution is 6.35. The lowest BCUT2D eigenvalue weighted by molar-refractivity contribution is 0.319. The van der Waals surface area contributed by atoms with Crippen molar-refractivity contribution in [2.45, 2.75) is 13.1 Å². The van der Waals surface area contributed by atoms with Gasteiger partial charge in [-0.3, -0.25) is 4.90 Å². The van der Waals surface area contributed by atoms with Crippen LogP contribution in [0, 0.1) is 11.3 Å². The Morgan fingerprint density at radius 2 is 1.90 bits per heavy atom. The zero-order chi connectivity index (χ0) is 14.5. The Balaban J connectivity index is 2.05. The summed E-state index contributed by atoms with van der Waals surface area (Å²) in [6, 6.07) is 15.3. The predicted molar refractivity (Wildman–Crippen MR) is 82.8 cm³/mol. The fraction of sp³-hybridized carbons (Fsp3) is 0.188. The summed E-state index contributed by atoms with van der Waals surface area (Å²) in [6.07, 6.45) is 0. The van der Waals surface area contributed by atoms with Crippen LogP contribution < -0.4 is 0 Å². The van der Waals surface area contributed by atoms with Crippen LogP contribution in [0.5, 0.6) is 0 Å². The first-order chi connectivity index (χ1) is 9.58. The number of hydrogen-bond donors (Lipinski definition) is 0. The second kappa shape index (κ2) is 6.76. The average molecular weight is 305 g/mol. The summed E-state index contributed by atoms with van der Waals surface area (Å²) in [5.74, 6) is 0. The number of benzene rings is 2. The van der Waals surface area contributed by atoms with Gasteiger partial charge in [0, 0.05) is 23.1 Å². The smallest absolute Gasteiger partial charge is 0.0991 e. The Hall–Kier alpha value is -1.53. The Kier molecular flexibility index (Phi) is 5.03. The second-order valence-corrected chi connectivity index (χ2v) is 5.56. The first kappa shape index (κ1) is 14.9. The Bertz CT molecular complexity index is 647. The minimum atomic E-state index is 0.642. The minimum Gasteiger partial charge on any atom is -0.298 e. The van der Waals surface area contributed by atoms with Crippen LogP contribution in [-0.2, 0) is 13.1 Å². The van der Waals surface area contributed by atoms with Gasteiger partial charge in [-0.2, -0.15) is 5.26 Å². The summed E-state index contributed by atoms with van der Waals surface area (Å²) in [6.45, 7) is 1.49. The van der Waals surface area contributed by atoms with Gasteiger partial charge in [0.05, 0.1) is 11.6 Å². The molecule has 2 rings (SSSR count). The van der Waals surface area contributed by atoms with E-state index >= 15 is 0 Å². The largest absolute Gasteiger partial charge is 0.298 e. The maximum absolute atomic E-state index is 8.90. The van der Waals surface area contributed by atoms with E-state index in [0.29, 0.717) is 15.6 Å². The SMILES string of the molecule is CN(Cc1cccc(C#N)c1)Cc1ccc(Cl)cc1Cl. The molecule has 0 spiro atoms. The van der Waals surface area contributed by atoms with E-state index in [2.05, 4.69) is 11.0 Å². The number of hydrogen-bond acceptors (Lipinski definition) is 2. The first-order valence-electron chi connectivity index (χ1n) is 6.20. The van der Waals surface area contributed by atoms with E-state index in [1.54, 1.807) is 12.1 Å². The third kappa shape index (κ3) is 3.98. The normalized spacial score (nSPS) is 10.6. The van der Waals surface area contributed by atoms with Crippen LogP contribution in [-0.4, -0.2) is 11.9 Å². The molecule has 0 N–H and O–H groups in total. The topological polar surface area (TPSA) is 27.0 Å². The van der Waals surface area contributed by atoms with Gasteiger partial charge in [-0.05, 0) is 42.4 Å². The number of halogens is 2. The molecule has 0 radical (unpaired) electrons. The molecule has 2 aromatic carbocycles. The summed E-state index contributed by atoms with van der Waals surface area (Å²) >= 11 is 12.1. The lowest BCUT2D eigenvalue weighted by Crippen LogP contribution is -2.17. The third-order valence-electron chi connectivity index (χ3n) is 2.96. The van der Waals surface area contributed by atoms with Crippen LogP contribution in [0.1, 0.15) is 16.7 Å². The van der Waals surface area contributed by atoms with E-state index in [0.717, 1.165) is 24.2 Å². The zero-order valence-electron chi connectivity index (χ0n) is 11.1. The van der Waals surface area contributed by atoms with Crippen molar-refractivity contribution in [3.8, 4) is 6.07 Å². The van der Waals surface area contributed by atoms with Gasteiger partial charge >= 0.3 is 0 Å². The molecule has 0 aliphatic carbocycles. The van der Waals surface area contributed by atoms with E-state index in [9.17, 15) is 0 Å². The van der Waals surface area contributed by atoms with Crippen LogP contribution in [0.2, 0.25) is 10.0 Å². The van der Waals surface area contributed by atoms with Crippen LogP contribution in [0.15, 0.2) is 42.5 Å². The molecule has 102 valence electrons. The summed E-state index contributed by atoms with van der Waals surface area (Å²) in [7, 11) is 2.02. The maximum Gasteiger partial charge on any atom is 0.0991 e. The molecule has 0 atom stereocenters. The molecular weight excluding hydrogens is 291 g/mol. The highest BCUT2D eigenvalue weighted by Gasteiger charge is 2.06. The van der Waals surface area contributed by atoms with Crippen molar-refractivity contribution in [1.29, 1.82) is 5.26 Å². The fourth-order valence-corrected chi connectivity index (χ4v) is 2.52. The van der Waals surface area contributed by atoms with Gasteiger partial charge in [0.25, 0.3) is 0 Å². The molecule has 0 bridgehead atoms. The second-order valence-electron chi connectivity index (χ2n) is 4.72.